The van der Waals surface area contributed by atoms with E-state index in [1.54, 1.807) is 25.3 Å². The van der Waals surface area contributed by atoms with Crippen LogP contribution in [0.1, 0.15) is 30.9 Å². The summed E-state index contributed by atoms with van der Waals surface area (Å²) in [5.74, 6) is 2.17. The summed E-state index contributed by atoms with van der Waals surface area (Å²) in [6.07, 6.45) is 3.65. The molecular formula is C22H27N3O4. The van der Waals surface area contributed by atoms with Crippen LogP contribution in [0.5, 0.6) is 17.2 Å². The molecule has 0 aliphatic carbocycles. The lowest BCUT2D eigenvalue weighted by atomic mass is 10.0. The Balaban J connectivity index is 1.40. The van der Waals surface area contributed by atoms with Crippen molar-refractivity contribution in [2.75, 3.05) is 38.9 Å². The highest BCUT2D eigenvalue weighted by Crippen LogP contribution is 2.34. The van der Waals surface area contributed by atoms with E-state index < -0.39 is 0 Å². The van der Waals surface area contributed by atoms with E-state index in [1.165, 1.54) is 24.8 Å². The highest BCUT2D eigenvalue weighted by atomic mass is 16.7. The first-order chi connectivity index (χ1) is 14.2. The van der Waals surface area contributed by atoms with Gasteiger partial charge in [-0.05, 0) is 55.8 Å². The van der Waals surface area contributed by atoms with Gasteiger partial charge in [-0.3, -0.25) is 4.90 Å². The van der Waals surface area contributed by atoms with E-state index in [1.807, 2.05) is 12.1 Å². The standard InChI is InChI=1S/C22H27N3O4/c1-27-18-8-5-16(6-9-18)19(25-11-3-2-4-12-25)14-23-22(26)24-17-7-10-20-21(13-17)29-15-28-20/h5-10,13,19H,2-4,11-12,14-15H2,1H3,(H2,23,24,26)/t19-/m0/s1. The van der Waals surface area contributed by atoms with Crippen LogP contribution in [0.25, 0.3) is 0 Å². The average Bonchev–Trinajstić information content (AvgIpc) is 3.23. The van der Waals surface area contributed by atoms with E-state index in [4.69, 9.17) is 14.2 Å². The number of benzene rings is 2. The molecule has 2 aromatic carbocycles. The summed E-state index contributed by atoms with van der Waals surface area (Å²) in [6.45, 7) is 2.83. The number of urea groups is 1. The number of hydrogen-bond donors (Lipinski definition) is 2. The van der Waals surface area contributed by atoms with Gasteiger partial charge >= 0.3 is 6.03 Å². The zero-order valence-corrected chi connectivity index (χ0v) is 16.6. The number of anilines is 1. The smallest absolute Gasteiger partial charge is 0.319 e. The number of nitrogens with one attached hydrogen (secondary N) is 2. The predicted octanol–water partition coefficient (Wildman–Crippen LogP) is 3.77. The first-order valence-corrected chi connectivity index (χ1v) is 10.1. The molecule has 0 bridgehead atoms. The van der Waals surface area contributed by atoms with Crippen molar-refractivity contribution < 1.29 is 19.0 Å². The van der Waals surface area contributed by atoms with Crippen molar-refractivity contribution in [3.63, 3.8) is 0 Å². The van der Waals surface area contributed by atoms with Crippen molar-refractivity contribution in [1.29, 1.82) is 0 Å². The lowest BCUT2D eigenvalue weighted by molar-refractivity contribution is 0.161. The van der Waals surface area contributed by atoms with Gasteiger partial charge in [0, 0.05) is 18.3 Å². The molecule has 2 aromatic rings. The fraction of sp³-hybridized carbons (Fsp3) is 0.409. The quantitative estimate of drug-likeness (QED) is 0.776. The predicted molar refractivity (Wildman–Crippen MR) is 111 cm³/mol. The molecule has 0 aromatic heterocycles. The Labute approximate surface area is 170 Å². The molecule has 154 valence electrons. The molecule has 2 amide bonds. The van der Waals surface area contributed by atoms with E-state index in [9.17, 15) is 4.79 Å². The van der Waals surface area contributed by atoms with Crippen molar-refractivity contribution in [3.05, 3.63) is 48.0 Å². The molecule has 0 radical (unpaired) electrons. The normalized spacial score (nSPS) is 16.9. The molecule has 1 fully saturated rings. The van der Waals surface area contributed by atoms with Crippen LogP contribution in [0.3, 0.4) is 0 Å². The Hall–Kier alpha value is -2.93. The third kappa shape index (κ3) is 4.74. The van der Waals surface area contributed by atoms with E-state index in [0.29, 0.717) is 23.7 Å². The van der Waals surface area contributed by atoms with E-state index in [0.717, 1.165) is 18.8 Å². The fourth-order valence-electron chi connectivity index (χ4n) is 3.85. The molecule has 0 unspecified atom stereocenters. The largest absolute Gasteiger partial charge is 0.497 e. The van der Waals surface area contributed by atoms with Crippen molar-refractivity contribution in [3.8, 4) is 17.2 Å². The zero-order chi connectivity index (χ0) is 20.1. The van der Waals surface area contributed by atoms with Crippen molar-refractivity contribution in [2.24, 2.45) is 0 Å². The van der Waals surface area contributed by atoms with Gasteiger partial charge < -0.3 is 24.8 Å². The summed E-state index contributed by atoms with van der Waals surface area (Å²) in [5, 5.41) is 5.90. The Morgan fingerprint density at radius 2 is 1.83 bits per heavy atom. The number of carbonyl (C=O) groups excluding carboxylic acids is 1. The summed E-state index contributed by atoms with van der Waals surface area (Å²) in [7, 11) is 1.67. The number of ether oxygens (including phenoxy) is 3. The Bertz CT molecular complexity index is 834. The van der Waals surface area contributed by atoms with Crippen molar-refractivity contribution >= 4 is 11.7 Å². The molecule has 2 N–H and O–H groups in total. The maximum Gasteiger partial charge on any atom is 0.319 e. The van der Waals surface area contributed by atoms with Gasteiger partial charge in [-0.1, -0.05) is 18.6 Å². The fourth-order valence-corrected chi connectivity index (χ4v) is 3.85. The maximum atomic E-state index is 12.5. The van der Waals surface area contributed by atoms with E-state index >= 15 is 0 Å². The molecule has 2 aliphatic rings. The number of nitrogens with zero attached hydrogens (tertiary/aromatic N) is 1. The zero-order valence-electron chi connectivity index (χ0n) is 16.6. The second-order valence-corrected chi connectivity index (χ2v) is 7.29. The Morgan fingerprint density at radius 1 is 1.07 bits per heavy atom. The summed E-state index contributed by atoms with van der Waals surface area (Å²) < 4.78 is 15.9. The second kappa shape index (κ2) is 9.05. The van der Waals surface area contributed by atoms with E-state index in [2.05, 4.69) is 27.7 Å². The van der Waals surface area contributed by atoms with Crippen LogP contribution in [-0.4, -0.2) is 44.5 Å². The van der Waals surface area contributed by atoms with Crippen LogP contribution in [0, 0.1) is 0 Å². The molecule has 29 heavy (non-hydrogen) atoms. The van der Waals surface area contributed by atoms with Crippen LogP contribution in [0.15, 0.2) is 42.5 Å². The van der Waals surface area contributed by atoms with Gasteiger partial charge in [0.2, 0.25) is 6.79 Å². The van der Waals surface area contributed by atoms with Gasteiger partial charge in [0.25, 0.3) is 0 Å². The first kappa shape index (κ1) is 19.4. The molecule has 1 saturated heterocycles. The monoisotopic (exact) mass is 397 g/mol. The van der Waals surface area contributed by atoms with Gasteiger partial charge in [-0.2, -0.15) is 0 Å². The van der Waals surface area contributed by atoms with Gasteiger partial charge in [-0.15, -0.1) is 0 Å². The molecule has 7 heteroatoms. The van der Waals surface area contributed by atoms with Crippen LogP contribution >= 0.6 is 0 Å². The molecule has 0 saturated carbocycles. The number of likely N-dealkylation sites (tertiary alicyclic amines) is 1. The third-order valence-corrected chi connectivity index (χ3v) is 5.42. The number of amides is 2. The second-order valence-electron chi connectivity index (χ2n) is 7.29. The molecule has 7 nitrogen and oxygen atoms in total. The Kier molecular flexibility index (Phi) is 6.05. The van der Waals surface area contributed by atoms with Crippen molar-refractivity contribution in [1.82, 2.24) is 10.2 Å². The SMILES string of the molecule is COc1ccc([C@H](CNC(=O)Nc2ccc3c(c2)OCO3)N2CCCCC2)cc1. The molecule has 2 heterocycles. The summed E-state index contributed by atoms with van der Waals surface area (Å²) in [4.78, 5) is 14.9. The van der Waals surface area contributed by atoms with Gasteiger partial charge in [0.15, 0.2) is 11.5 Å². The number of rotatable bonds is 6. The molecular weight excluding hydrogens is 370 g/mol. The number of piperidine rings is 1. The highest BCUT2D eigenvalue weighted by Gasteiger charge is 2.23. The van der Waals surface area contributed by atoms with Crippen LogP contribution in [0.4, 0.5) is 10.5 Å². The summed E-state index contributed by atoms with van der Waals surface area (Å²) in [6, 6.07) is 13.4. The lowest BCUT2D eigenvalue weighted by Crippen LogP contribution is -2.41. The van der Waals surface area contributed by atoms with Crippen molar-refractivity contribution in [2.45, 2.75) is 25.3 Å². The molecule has 1 atom stereocenters. The Morgan fingerprint density at radius 3 is 2.59 bits per heavy atom. The number of fused-ring (bicyclic) bond motifs is 1. The minimum atomic E-state index is -0.237. The number of carbonyl (C=O) groups is 1. The molecule has 4 rings (SSSR count). The van der Waals surface area contributed by atoms with Crippen LogP contribution in [-0.2, 0) is 0 Å². The highest BCUT2D eigenvalue weighted by molar-refractivity contribution is 5.89. The minimum absolute atomic E-state index is 0.128. The van der Waals surface area contributed by atoms with Gasteiger partial charge in [0.05, 0.1) is 13.2 Å². The third-order valence-electron chi connectivity index (χ3n) is 5.42. The van der Waals surface area contributed by atoms with Crippen LogP contribution in [0.2, 0.25) is 0 Å². The molecule has 2 aliphatic heterocycles. The molecule has 0 spiro atoms. The topological polar surface area (TPSA) is 72.1 Å². The van der Waals surface area contributed by atoms with Crippen LogP contribution < -0.4 is 24.8 Å². The van der Waals surface area contributed by atoms with Gasteiger partial charge in [-0.25, -0.2) is 4.79 Å². The summed E-state index contributed by atoms with van der Waals surface area (Å²) >= 11 is 0. The summed E-state index contributed by atoms with van der Waals surface area (Å²) in [5.41, 5.74) is 1.85. The first-order valence-electron chi connectivity index (χ1n) is 10.1. The minimum Gasteiger partial charge on any atom is -0.497 e. The average molecular weight is 397 g/mol. The van der Waals surface area contributed by atoms with Gasteiger partial charge in [0.1, 0.15) is 5.75 Å². The lowest BCUT2D eigenvalue weighted by Gasteiger charge is -2.35. The maximum absolute atomic E-state index is 12.5. The van der Waals surface area contributed by atoms with E-state index in [-0.39, 0.29) is 18.9 Å². The number of hydrogen-bond acceptors (Lipinski definition) is 5. The number of methoxy groups -OCH3 is 1.